The van der Waals surface area contributed by atoms with E-state index in [0.29, 0.717) is 15.7 Å². The SMILES string of the molecule is CCC1SCCSC1c1nc(Cl)cc(C(C)(C)C)n1. The predicted octanol–water partition coefficient (Wildman–Crippen LogP) is 4.73. The lowest BCUT2D eigenvalue weighted by atomic mass is 9.92. The third-order valence-corrected chi connectivity index (χ3v) is 6.62. The maximum absolute atomic E-state index is 6.20. The van der Waals surface area contributed by atoms with Gasteiger partial charge in [-0.1, -0.05) is 39.3 Å². The van der Waals surface area contributed by atoms with Crippen molar-refractivity contribution in [2.45, 2.75) is 50.0 Å². The second-order valence-electron chi connectivity index (χ2n) is 5.79. The van der Waals surface area contributed by atoms with Crippen LogP contribution in [0.4, 0.5) is 0 Å². The Morgan fingerprint density at radius 1 is 1.26 bits per heavy atom. The molecule has 0 bridgehead atoms. The van der Waals surface area contributed by atoms with Gasteiger partial charge in [-0.2, -0.15) is 11.8 Å². The van der Waals surface area contributed by atoms with Crippen LogP contribution in [0.5, 0.6) is 0 Å². The van der Waals surface area contributed by atoms with Crippen LogP contribution in [0, 0.1) is 0 Å². The lowest BCUT2D eigenvalue weighted by Crippen LogP contribution is -2.23. The molecule has 1 aliphatic heterocycles. The fraction of sp³-hybridized carbons (Fsp3) is 0.714. The van der Waals surface area contributed by atoms with Gasteiger partial charge >= 0.3 is 0 Å². The molecule has 1 aromatic rings. The summed E-state index contributed by atoms with van der Waals surface area (Å²) < 4.78 is 0. The van der Waals surface area contributed by atoms with Crippen molar-refractivity contribution in [3.63, 3.8) is 0 Å². The van der Waals surface area contributed by atoms with E-state index in [1.807, 2.05) is 29.6 Å². The van der Waals surface area contributed by atoms with Gasteiger partial charge in [-0.05, 0) is 12.5 Å². The summed E-state index contributed by atoms with van der Waals surface area (Å²) in [6, 6.07) is 1.90. The average molecular weight is 317 g/mol. The summed E-state index contributed by atoms with van der Waals surface area (Å²) in [7, 11) is 0. The van der Waals surface area contributed by atoms with E-state index in [9.17, 15) is 0 Å². The highest BCUT2D eigenvalue weighted by atomic mass is 35.5. The lowest BCUT2D eigenvalue weighted by Gasteiger charge is -2.29. The monoisotopic (exact) mass is 316 g/mol. The van der Waals surface area contributed by atoms with E-state index in [4.69, 9.17) is 16.6 Å². The number of thioether (sulfide) groups is 2. The van der Waals surface area contributed by atoms with Gasteiger partial charge in [0.2, 0.25) is 0 Å². The van der Waals surface area contributed by atoms with Gasteiger partial charge in [0.05, 0.1) is 10.9 Å². The molecule has 19 heavy (non-hydrogen) atoms. The van der Waals surface area contributed by atoms with Gasteiger partial charge in [-0.3, -0.25) is 0 Å². The first-order valence-corrected chi connectivity index (χ1v) is 9.17. The normalized spacial score (nSPS) is 24.5. The molecule has 2 rings (SSSR count). The van der Waals surface area contributed by atoms with E-state index >= 15 is 0 Å². The van der Waals surface area contributed by atoms with Crippen LogP contribution < -0.4 is 0 Å². The Kier molecular flexibility index (Phi) is 5.07. The van der Waals surface area contributed by atoms with E-state index in [0.717, 1.165) is 17.9 Å². The lowest BCUT2D eigenvalue weighted by molar-refractivity contribution is 0.560. The Morgan fingerprint density at radius 2 is 1.95 bits per heavy atom. The summed E-state index contributed by atoms with van der Waals surface area (Å²) in [5.41, 5.74) is 1.05. The van der Waals surface area contributed by atoms with Crippen LogP contribution in [-0.4, -0.2) is 26.7 Å². The van der Waals surface area contributed by atoms with Crippen molar-refractivity contribution in [2.75, 3.05) is 11.5 Å². The molecule has 1 aromatic heterocycles. The Hall–Kier alpha value is 0.0700. The minimum Gasteiger partial charge on any atom is -0.236 e. The van der Waals surface area contributed by atoms with Crippen molar-refractivity contribution >= 4 is 35.1 Å². The molecule has 0 saturated carbocycles. The summed E-state index contributed by atoms with van der Waals surface area (Å²) in [6.45, 7) is 8.73. The molecule has 0 aliphatic carbocycles. The Balaban J connectivity index is 2.35. The van der Waals surface area contributed by atoms with Crippen molar-refractivity contribution in [1.29, 1.82) is 0 Å². The van der Waals surface area contributed by atoms with Gasteiger partial charge in [0, 0.05) is 22.2 Å². The molecule has 0 N–H and O–H groups in total. The maximum Gasteiger partial charge on any atom is 0.144 e. The van der Waals surface area contributed by atoms with Gasteiger partial charge in [0.15, 0.2) is 0 Å². The first-order chi connectivity index (χ1) is 8.91. The smallest absolute Gasteiger partial charge is 0.144 e. The quantitative estimate of drug-likeness (QED) is 0.737. The third kappa shape index (κ3) is 3.79. The number of rotatable bonds is 2. The van der Waals surface area contributed by atoms with Crippen LogP contribution >= 0.6 is 35.1 Å². The largest absolute Gasteiger partial charge is 0.236 e. The number of hydrogen-bond acceptors (Lipinski definition) is 4. The second kappa shape index (κ2) is 6.23. The standard InChI is InChI=1S/C14H21ClN2S2/c1-5-9-12(19-7-6-18-9)13-16-10(14(2,3)4)8-11(15)17-13/h8-9,12H,5-7H2,1-4H3. The highest BCUT2D eigenvalue weighted by molar-refractivity contribution is 8.06. The first-order valence-electron chi connectivity index (χ1n) is 6.70. The van der Waals surface area contributed by atoms with Crippen LogP contribution in [0.1, 0.15) is 50.9 Å². The molecule has 0 radical (unpaired) electrons. The minimum atomic E-state index is 0.00944. The van der Waals surface area contributed by atoms with E-state index in [1.165, 1.54) is 11.5 Å². The van der Waals surface area contributed by atoms with Crippen molar-refractivity contribution in [3.05, 3.63) is 22.7 Å². The molecule has 5 heteroatoms. The molecule has 0 aromatic carbocycles. The Bertz CT molecular complexity index is 446. The highest BCUT2D eigenvalue weighted by Crippen LogP contribution is 2.43. The molecule has 0 spiro atoms. The molecular formula is C14H21ClN2S2. The van der Waals surface area contributed by atoms with Crippen LogP contribution in [0.3, 0.4) is 0 Å². The van der Waals surface area contributed by atoms with Crippen LogP contribution in [-0.2, 0) is 5.41 Å². The average Bonchev–Trinajstić information content (AvgIpc) is 2.37. The van der Waals surface area contributed by atoms with Crippen LogP contribution in [0.25, 0.3) is 0 Å². The number of hydrogen-bond donors (Lipinski definition) is 0. The van der Waals surface area contributed by atoms with E-state index in [-0.39, 0.29) is 5.41 Å². The molecule has 2 unspecified atom stereocenters. The first kappa shape index (κ1) is 15.5. The molecule has 2 heterocycles. The molecule has 1 aliphatic rings. The summed E-state index contributed by atoms with van der Waals surface area (Å²) in [5, 5.41) is 1.55. The summed E-state index contributed by atoms with van der Waals surface area (Å²) in [6.07, 6.45) is 1.16. The van der Waals surface area contributed by atoms with Gasteiger partial charge in [-0.15, -0.1) is 11.8 Å². The Labute approximate surface area is 129 Å². The summed E-state index contributed by atoms with van der Waals surface area (Å²) in [5.74, 6) is 3.32. The zero-order valence-electron chi connectivity index (χ0n) is 11.9. The maximum atomic E-state index is 6.20. The van der Waals surface area contributed by atoms with Gasteiger partial charge in [-0.25, -0.2) is 9.97 Å². The zero-order chi connectivity index (χ0) is 14.0. The van der Waals surface area contributed by atoms with Crippen molar-refractivity contribution < 1.29 is 0 Å². The van der Waals surface area contributed by atoms with Gasteiger partial charge in [0.25, 0.3) is 0 Å². The summed E-state index contributed by atoms with van der Waals surface area (Å²) in [4.78, 5) is 9.29. The van der Waals surface area contributed by atoms with Crippen molar-refractivity contribution in [3.8, 4) is 0 Å². The third-order valence-electron chi connectivity index (χ3n) is 3.19. The van der Waals surface area contributed by atoms with Crippen molar-refractivity contribution in [2.24, 2.45) is 0 Å². The fourth-order valence-corrected chi connectivity index (χ4v) is 5.27. The molecule has 2 atom stereocenters. The second-order valence-corrected chi connectivity index (χ2v) is 8.78. The van der Waals surface area contributed by atoms with Crippen LogP contribution in [0.15, 0.2) is 6.07 Å². The molecular weight excluding hydrogens is 296 g/mol. The predicted molar refractivity (Wildman–Crippen MR) is 87.5 cm³/mol. The van der Waals surface area contributed by atoms with E-state index in [1.54, 1.807) is 0 Å². The molecule has 2 nitrogen and oxygen atoms in total. The number of halogens is 1. The molecule has 1 saturated heterocycles. The van der Waals surface area contributed by atoms with E-state index in [2.05, 4.69) is 32.7 Å². The topological polar surface area (TPSA) is 25.8 Å². The van der Waals surface area contributed by atoms with E-state index < -0.39 is 0 Å². The highest BCUT2D eigenvalue weighted by Gasteiger charge is 2.30. The minimum absolute atomic E-state index is 0.00944. The summed E-state index contributed by atoms with van der Waals surface area (Å²) >= 11 is 10.2. The van der Waals surface area contributed by atoms with Crippen molar-refractivity contribution in [1.82, 2.24) is 9.97 Å². The molecule has 106 valence electrons. The molecule has 1 fully saturated rings. The van der Waals surface area contributed by atoms with Gasteiger partial charge < -0.3 is 0 Å². The molecule has 0 amide bonds. The zero-order valence-corrected chi connectivity index (χ0v) is 14.3. The Morgan fingerprint density at radius 3 is 2.58 bits per heavy atom. The fourth-order valence-electron chi connectivity index (χ4n) is 2.09. The number of aromatic nitrogens is 2. The van der Waals surface area contributed by atoms with Gasteiger partial charge in [0.1, 0.15) is 11.0 Å². The number of nitrogens with zero attached hydrogens (tertiary/aromatic N) is 2. The van der Waals surface area contributed by atoms with Crippen LogP contribution in [0.2, 0.25) is 5.15 Å².